The van der Waals surface area contributed by atoms with Crippen molar-refractivity contribution in [1.82, 2.24) is 9.97 Å². The van der Waals surface area contributed by atoms with E-state index >= 15 is 0 Å². The van der Waals surface area contributed by atoms with Crippen molar-refractivity contribution in [3.05, 3.63) is 46.3 Å². The largest absolute Gasteiger partial charge is 0.463 e. The molecular formula is C6H2N8O8. The van der Waals surface area contributed by atoms with Gasteiger partial charge >= 0.3 is 35.3 Å². The topological polar surface area (TPSA) is 226 Å². The van der Waals surface area contributed by atoms with E-state index in [4.69, 9.17) is 0 Å². The van der Waals surface area contributed by atoms with Gasteiger partial charge in [-0.05, 0) is 19.8 Å². The Morgan fingerprint density at radius 1 is 0.955 bits per heavy atom. The first-order valence-corrected chi connectivity index (χ1v) is 5.05. The zero-order valence-corrected chi connectivity index (χ0v) is 9.97. The zero-order chi connectivity index (χ0) is 16.6. The molecule has 0 saturated carbocycles. The second kappa shape index (κ2) is 4.92. The second-order valence-corrected chi connectivity index (χ2v) is 3.61. The van der Waals surface area contributed by atoms with Crippen LogP contribution in [0.3, 0.4) is 0 Å². The average molecular weight is 314 g/mol. The molecule has 1 aliphatic heterocycles. The third-order valence-electron chi connectivity index (χ3n) is 2.32. The minimum atomic E-state index is -2.13. The van der Waals surface area contributed by atoms with Gasteiger partial charge in [0.05, 0.1) is 4.92 Å². The lowest BCUT2D eigenvalue weighted by Crippen LogP contribution is -2.30. The van der Waals surface area contributed by atoms with Gasteiger partial charge in [0.2, 0.25) is 0 Å². The number of aromatic amines is 1. The van der Waals surface area contributed by atoms with E-state index in [9.17, 15) is 40.5 Å². The van der Waals surface area contributed by atoms with Gasteiger partial charge < -0.3 is 30.3 Å². The molecule has 0 bridgehead atoms. The van der Waals surface area contributed by atoms with Crippen molar-refractivity contribution in [1.29, 1.82) is 0 Å². The molecule has 0 fully saturated rings. The van der Waals surface area contributed by atoms with Crippen molar-refractivity contribution in [2.24, 2.45) is 9.98 Å². The number of aromatic nitrogens is 2. The van der Waals surface area contributed by atoms with Crippen LogP contribution in [0.15, 0.2) is 9.98 Å². The van der Waals surface area contributed by atoms with Gasteiger partial charge in [-0.3, -0.25) is 10.1 Å². The first kappa shape index (κ1) is 14.6. The van der Waals surface area contributed by atoms with Gasteiger partial charge in [-0.15, -0.1) is 0 Å². The molecule has 22 heavy (non-hydrogen) atoms. The van der Waals surface area contributed by atoms with E-state index in [1.165, 1.54) is 0 Å². The molecule has 0 spiro atoms. The number of amidine groups is 2. The second-order valence-electron chi connectivity index (χ2n) is 3.61. The summed E-state index contributed by atoms with van der Waals surface area (Å²) in [5, 5.41) is 42.5. The summed E-state index contributed by atoms with van der Waals surface area (Å²) in [6.45, 7) is 0. The Kier molecular flexibility index (Phi) is 3.26. The van der Waals surface area contributed by atoms with Crippen LogP contribution in [0.5, 0.6) is 0 Å². The Bertz CT molecular complexity index is 744. The SMILES string of the molecule is O=[N+]([O-])C1=NC(c2nc([N+](=O)[O-])c([N+](=O)[O-])[nH]2)=NC1[N+](=O)[O-]. The third kappa shape index (κ3) is 2.30. The third-order valence-corrected chi connectivity index (χ3v) is 2.32. The van der Waals surface area contributed by atoms with Gasteiger partial charge in [0, 0.05) is 4.98 Å². The maximum Gasteiger partial charge on any atom is 0.463 e. The van der Waals surface area contributed by atoms with Crippen molar-refractivity contribution < 1.29 is 19.7 Å². The molecule has 0 saturated heterocycles. The molecule has 1 unspecified atom stereocenters. The molecule has 2 heterocycles. The van der Waals surface area contributed by atoms with Crippen molar-refractivity contribution >= 4 is 23.3 Å². The summed E-state index contributed by atoms with van der Waals surface area (Å²) in [6, 6.07) is 0. The smallest absolute Gasteiger partial charge is 0.358 e. The first-order chi connectivity index (χ1) is 10.2. The van der Waals surface area contributed by atoms with Crippen LogP contribution < -0.4 is 0 Å². The molecule has 2 rings (SSSR count). The molecule has 16 nitrogen and oxygen atoms in total. The molecule has 1 N–H and O–H groups in total. The van der Waals surface area contributed by atoms with Gasteiger partial charge in [-0.2, -0.15) is 9.98 Å². The van der Waals surface area contributed by atoms with Crippen LogP contribution in [0.1, 0.15) is 5.82 Å². The number of nitrogens with one attached hydrogen (secondary N) is 1. The summed E-state index contributed by atoms with van der Waals surface area (Å²) in [5.74, 6) is -4.80. The molecule has 1 aliphatic rings. The number of nitrogens with zero attached hydrogens (tertiary/aromatic N) is 7. The van der Waals surface area contributed by atoms with E-state index in [1.807, 2.05) is 4.98 Å². The molecule has 0 amide bonds. The van der Waals surface area contributed by atoms with Crippen LogP contribution >= 0.6 is 0 Å². The predicted molar refractivity (Wildman–Crippen MR) is 63.6 cm³/mol. The lowest BCUT2D eigenvalue weighted by atomic mass is 10.5. The highest BCUT2D eigenvalue weighted by molar-refractivity contribution is 6.08. The van der Waals surface area contributed by atoms with Gasteiger partial charge in [-0.1, -0.05) is 0 Å². The van der Waals surface area contributed by atoms with Crippen molar-refractivity contribution in [2.75, 3.05) is 0 Å². The molecule has 0 aliphatic carbocycles. The minimum Gasteiger partial charge on any atom is -0.358 e. The lowest BCUT2D eigenvalue weighted by Gasteiger charge is -1.94. The van der Waals surface area contributed by atoms with E-state index in [0.717, 1.165) is 0 Å². The maximum atomic E-state index is 10.6. The first-order valence-electron chi connectivity index (χ1n) is 5.05. The molecule has 0 radical (unpaired) electrons. The van der Waals surface area contributed by atoms with Crippen LogP contribution in [0.25, 0.3) is 0 Å². The van der Waals surface area contributed by atoms with E-state index < -0.39 is 55.0 Å². The number of hydrogen-bond acceptors (Lipinski definition) is 11. The normalized spacial score (nSPS) is 16.8. The molecule has 16 heteroatoms. The minimum absolute atomic E-state index is 0.665. The Morgan fingerprint density at radius 2 is 1.59 bits per heavy atom. The van der Waals surface area contributed by atoms with E-state index in [-0.39, 0.29) is 0 Å². The Hall–Kier alpha value is -3.85. The van der Waals surface area contributed by atoms with E-state index in [0.29, 0.717) is 0 Å². The van der Waals surface area contributed by atoms with Crippen molar-refractivity contribution in [2.45, 2.75) is 6.17 Å². The number of aliphatic imine (C=N–C) groups is 2. The highest BCUT2D eigenvalue weighted by atomic mass is 16.7. The van der Waals surface area contributed by atoms with Crippen LogP contribution in [-0.2, 0) is 0 Å². The fraction of sp³-hybridized carbons (Fsp3) is 0.167. The van der Waals surface area contributed by atoms with Gasteiger partial charge in [0.25, 0.3) is 0 Å². The fourth-order valence-corrected chi connectivity index (χ4v) is 1.47. The van der Waals surface area contributed by atoms with Crippen LogP contribution in [0, 0.1) is 40.5 Å². The highest BCUT2D eigenvalue weighted by Gasteiger charge is 2.48. The van der Waals surface area contributed by atoms with Gasteiger partial charge in [-0.25, -0.2) is 0 Å². The van der Waals surface area contributed by atoms with Crippen LogP contribution in [0.2, 0.25) is 0 Å². The highest BCUT2D eigenvalue weighted by Crippen LogP contribution is 2.24. The maximum absolute atomic E-state index is 10.6. The standard InChI is InChI=1S/C6H2N8O8/c15-11(16)3-4(12(17)18)8-1(7-3)2-9-5(13(19)20)6(10-2)14(21)22/h3H,(H,9,10). The Balaban J connectivity index is 2.53. The summed E-state index contributed by atoms with van der Waals surface area (Å²) in [4.78, 5) is 49.6. The number of imidazole rings is 1. The summed E-state index contributed by atoms with van der Waals surface area (Å²) < 4.78 is 0. The van der Waals surface area contributed by atoms with Crippen LogP contribution in [0.4, 0.5) is 11.6 Å². The molecule has 114 valence electrons. The number of rotatable bonds is 4. The quantitative estimate of drug-likeness (QED) is 0.544. The van der Waals surface area contributed by atoms with Gasteiger partial charge in [0.15, 0.2) is 0 Å². The molecule has 0 aromatic carbocycles. The average Bonchev–Trinajstić information content (AvgIpc) is 3.02. The number of H-pyrrole nitrogens is 1. The predicted octanol–water partition coefficient (Wildman–Crippen LogP) is -0.736. The zero-order valence-electron chi connectivity index (χ0n) is 9.97. The fourth-order valence-electron chi connectivity index (χ4n) is 1.47. The summed E-state index contributed by atoms with van der Waals surface area (Å²) in [6.07, 6.45) is -2.13. The van der Waals surface area contributed by atoms with E-state index in [2.05, 4.69) is 15.0 Å². The van der Waals surface area contributed by atoms with E-state index in [1.54, 1.807) is 0 Å². The summed E-state index contributed by atoms with van der Waals surface area (Å²) in [5.41, 5.74) is 0. The van der Waals surface area contributed by atoms with Crippen molar-refractivity contribution in [3.8, 4) is 0 Å². The lowest BCUT2D eigenvalue weighted by molar-refractivity contribution is -0.518. The molecule has 1 aromatic rings. The monoisotopic (exact) mass is 314 g/mol. The number of nitro groups is 4. The Morgan fingerprint density at radius 3 is 1.95 bits per heavy atom. The van der Waals surface area contributed by atoms with Crippen molar-refractivity contribution in [3.63, 3.8) is 0 Å². The van der Waals surface area contributed by atoms with Crippen LogP contribution in [-0.4, -0.2) is 47.5 Å². The summed E-state index contributed by atoms with van der Waals surface area (Å²) in [7, 11) is 0. The molecule has 1 aromatic heterocycles. The molecule has 1 atom stereocenters. The Labute approximate surface area is 116 Å². The number of hydrogen-bond donors (Lipinski definition) is 1. The summed E-state index contributed by atoms with van der Waals surface area (Å²) >= 11 is 0. The molecular weight excluding hydrogens is 312 g/mol. The van der Waals surface area contributed by atoms with Gasteiger partial charge in [0.1, 0.15) is 0 Å².